The number of carbonyl (C=O) groups excluding carboxylic acids is 1. The predicted octanol–water partition coefficient (Wildman–Crippen LogP) is 2.89. The van der Waals surface area contributed by atoms with Gasteiger partial charge in [-0.15, -0.1) is 11.3 Å². The molecule has 1 N–H and O–H groups in total. The van der Waals surface area contributed by atoms with Crippen LogP contribution in [0.3, 0.4) is 0 Å². The van der Waals surface area contributed by atoms with Crippen molar-refractivity contribution >= 4 is 33.3 Å². The van der Waals surface area contributed by atoms with E-state index in [1.807, 2.05) is 47.5 Å². The lowest BCUT2D eigenvalue weighted by Crippen LogP contribution is -2.11. The number of nitrogens with zero attached hydrogens (tertiary/aromatic N) is 2. The number of aryl methyl sites for hydroxylation is 1. The number of rotatable bonds is 2. The Morgan fingerprint density at radius 1 is 1.39 bits per heavy atom. The second-order valence-electron chi connectivity index (χ2n) is 3.96. The molecule has 0 aliphatic carbocycles. The topological polar surface area (TPSA) is 46.9 Å². The van der Waals surface area contributed by atoms with Crippen molar-refractivity contribution in [2.75, 3.05) is 5.32 Å². The summed E-state index contributed by atoms with van der Waals surface area (Å²) in [5.41, 5.74) is 1.71. The van der Waals surface area contributed by atoms with Crippen molar-refractivity contribution in [1.82, 2.24) is 9.55 Å². The minimum atomic E-state index is -0.123. The Balaban J connectivity index is 2.01. The number of thiazole rings is 1. The maximum Gasteiger partial charge on any atom is 0.259 e. The molecule has 1 aromatic carbocycles. The molecule has 0 spiro atoms. The molecule has 0 aliphatic rings. The van der Waals surface area contributed by atoms with Crippen molar-refractivity contribution in [2.45, 2.75) is 0 Å². The van der Waals surface area contributed by atoms with E-state index in [-0.39, 0.29) is 5.91 Å². The predicted molar refractivity (Wildman–Crippen MR) is 73.0 cm³/mol. The number of fused-ring (bicyclic) bond motifs is 1. The highest BCUT2D eigenvalue weighted by Crippen LogP contribution is 2.21. The van der Waals surface area contributed by atoms with Crippen LogP contribution in [0, 0.1) is 0 Å². The monoisotopic (exact) mass is 257 g/mol. The van der Waals surface area contributed by atoms with Crippen molar-refractivity contribution in [3.63, 3.8) is 0 Å². The standard InChI is InChI=1S/C13H11N3OS/c1-16-8-10(9-4-2-3-5-11(9)16)12(17)15-13-14-6-7-18-13/h2-8H,1H3,(H,14,15,17). The minimum absolute atomic E-state index is 0.123. The Morgan fingerprint density at radius 2 is 2.22 bits per heavy atom. The van der Waals surface area contributed by atoms with Gasteiger partial charge >= 0.3 is 0 Å². The average molecular weight is 257 g/mol. The molecule has 18 heavy (non-hydrogen) atoms. The van der Waals surface area contributed by atoms with Gasteiger partial charge in [0.25, 0.3) is 5.91 Å². The van der Waals surface area contributed by atoms with E-state index in [1.54, 1.807) is 6.20 Å². The zero-order valence-corrected chi connectivity index (χ0v) is 10.6. The van der Waals surface area contributed by atoms with Crippen LogP contribution in [-0.2, 0) is 7.05 Å². The molecule has 4 nitrogen and oxygen atoms in total. The molecular weight excluding hydrogens is 246 g/mol. The molecule has 3 aromatic rings. The minimum Gasteiger partial charge on any atom is -0.350 e. The third-order valence-electron chi connectivity index (χ3n) is 2.79. The van der Waals surface area contributed by atoms with E-state index < -0.39 is 0 Å². The van der Waals surface area contributed by atoms with Gasteiger partial charge in [-0.3, -0.25) is 10.1 Å². The lowest BCUT2D eigenvalue weighted by Gasteiger charge is -1.99. The maximum atomic E-state index is 12.2. The zero-order chi connectivity index (χ0) is 12.5. The highest BCUT2D eigenvalue weighted by Gasteiger charge is 2.14. The molecule has 0 radical (unpaired) electrons. The summed E-state index contributed by atoms with van der Waals surface area (Å²) >= 11 is 1.41. The average Bonchev–Trinajstić information content (AvgIpc) is 2.98. The van der Waals surface area contributed by atoms with Gasteiger partial charge in [0.2, 0.25) is 0 Å². The maximum absolute atomic E-state index is 12.2. The number of anilines is 1. The van der Waals surface area contributed by atoms with Crippen molar-refractivity contribution in [1.29, 1.82) is 0 Å². The zero-order valence-electron chi connectivity index (χ0n) is 9.75. The number of nitrogens with one attached hydrogen (secondary N) is 1. The molecule has 0 aliphatic heterocycles. The fraction of sp³-hybridized carbons (Fsp3) is 0.0769. The first-order chi connectivity index (χ1) is 8.75. The Morgan fingerprint density at radius 3 is 3.00 bits per heavy atom. The number of amides is 1. The largest absolute Gasteiger partial charge is 0.350 e. The first-order valence-corrected chi connectivity index (χ1v) is 6.38. The van der Waals surface area contributed by atoms with Gasteiger partial charge in [0.15, 0.2) is 5.13 Å². The molecule has 0 saturated heterocycles. The number of carbonyl (C=O) groups is 1. The Kier molecular flexibility index (Phi) is 2.60. The summed E-state index contributed by atoms with van der Waals surface area (Å²) in [6.45, 7) is 0. The summed E-state index contributed by atoms with van der Waals surface area (Å²) in [5.74, 6) is -0.123. The van der Waals surface area contributed by atoms with Crippen LogP contribution in [0.25, 0.3) is 10.9 Å². The van der Waals surface area contributed by atoms with E-state index in [9.17, 15) is 4.79 Å². The third-order valence-corrected chi connectivity index (χ3v) is 3.48. The molecule has 0 bridgehead atoms. The van der Waals surface area contributed by atoms with Gasteiger partial charge in [-0.1, -0.05) is 18.2 Å². The van der Waals surface area contributed by atoms with Gasteiger partial charge in [0, 0.05) is 35.7 Å². The van der Waals surface area contributed by atoms with Crippen molar-refractivity contribution in [2.24, 2.45) is 7.05 Å². The first-order valence-electron chi connectivity index (χ1n) is 5.50. The molecule has 0 atom stereocenters. The van der Waals surface area contributed by atoms with Gasteiger partial charge < -0.3 is 4.57 Å². The first kappa shape index (κ1) is 11.0. The SMILES string of the molecule is Cn1cc(C(=O)Nc2nccs2)c2ccccc21. The highest BCUT2D eigenvalue weighted by atomic mass is 32.1. The number of benzene rings is 1. The second kappa shape index (κ2) is 4.27. The van der Waals surface area contributed by atoms with E-state index in [1.165, 1.54) is 11.3 Å². The van der Waals surface area contributed by atoms with E-state index >= 15 is 0 Å². The van der Waals surface area contributed by atoms with Crippen molar-refractivity contribution in [3.8, 4) is 0 Å². The molecule has 90 valence electrons. The summed E-state index contributed by atoms with van der Waals surface area (Å²) in [6, 6.07) is 7.84. The molecule has 3 rings (SSSR count). The molecule has 1 amide bonds. The number of hydrogen-bond acceptors (Lipinski definition) is 3. The van der Waals surface area contributed by atoms with Gasteiger partial charge in [-0.05, 0) is 6.07 Å². The molecule has 0 saturated carbocycles. The third kappa shape index (κ3) is 1.78. The van der Waals surface area contributed by atoms with Crippen LogP contribution in [0.2, 0.25) is 0 Å². The van der Waals surface area contributed by atoms with Crippen molar-refractivity contribution < 1.29 is 4.79 Å². The van der Waals surface area contributed by atoms with Crippen LogP contribution in [0.5, 0.6) is 0 Å². The van der Waals surface area contributed by atoms with Gasteiger partial charge in [-0.2, -0.15) is 0 Å². The summed E-state index contributed by atoms with van der Waals surface area (Å²) in [4.78, 5) is 16.2. The van der Waals surface area contributed by atoms with Crippen LogP contribution >= 0.6 is 11.3 Å². The summed E-state index contributed by atoms with van der Waals surface area (Å²) in [7, 11) is 1.93. The molecule has 5 heteroatoms. The van der Waals surface area contributed by atoms with Gasteiger partial charge in [0.05, 0.1) is 5.56 Å². The van der Waals surface area contributed by atoms with Gasteiger partial charge in [-0.25, -0.2) is 4.98 Å². The van der Waals surface area contributed by atoms with Crippen LogP contribution in [0.15, 0.2) is 42.0 Å². The summed E-state index contributed by atoms with van der Waals surface area (Å²) in [6.07, 6.45) is 3.51. The van der Waals surface area contributed by atoms with Crippen LogP contribution < -0.4 is 5.32 Å². The molecular formula is C13H11N3OS. The highest BCUT2D eigenvalue weighted by molar-refractivity contribution is 7.13. The van der Waals surface area contributed by atoms with E-state index in [0.717, 1.165) is 10.9 Å². The molecule has 2 aromatic heterocycles. The molecule has 0 fully saturated rings. The molecule has 0 unspecified atom stereocenters. The normalized spacial score (nSPS) is 10.7. The fourth-order valence-corrected chi connectivity index (χ4v) is 2.50. The Labute approximate surface area is 108 Å². The van der Waals surface area contributed by atoms with Crippen molar-refractivity contribution in [3.05, 3.63) is 47.6 Å². The fourth-order valence-electron chi connectivity index (χ4n) is 1.97. The van der Waals surface area contributed by atoms with E-state index in [4.69, 9.17) is 0 Å². The summed E-state index contributed by atoms with van der Waals surface area (Å²) < 4.78 is 1.95. The number of hydrogen-bond donors (Lipinski definition) is 1. The Bertz CT molecular complexity index is 700. The Hall–Kier alpha value is -2.14. The van der Waals surface area contributed by atoms with Crippen LogP contribution in [-0.4, -0.2) is 15.5 Å². The van der Waals surface area contributed by atoms with Crippen LogP contribution in [0.1, 0.15) is 10.4 Å². The lowest BCUT2D eigenvalue weighted by molar-refractivity contribution is 0.102. The quantitative estimate of drug-likeness (QED) is 0.767. The lowest BCUT2D eigenvalue weighted by atomic mass is 10.1. The molecule has 2 heterocycles. The van der Waals surface area contributed by atoms with Gasteiger partial charge in [0.1, 0.15) is 0 Å². The number of aromatic nitrogens is 2. The number of para-hydroxylation sites is 1. The summed E-state index contributed by atoms with van der Waals surface area (Å²) in [5, 5.41) is 6.20. The van der Waals surface area contributed by atoms with Crippen LogP contribution in [0.4, 0.5) is 5.13 Å². The second-order valence-corrected chi connectivity index (χ2v) is 4.86. The smallest absolute Gasteiger partial charge is 0.259 e. The van der Waals surface area contributed by atoms with E-state index in [2.05, 4.69) is 10.3 Å². The van der Waals surface area contributed by atoms with E-state index in [0.29, 0.717) is 10.7 Å².